The number of fused-ring (bicyclic) bond motifs is 1. The molecule has 0 aliphatic carbocycles. The zero-order valence-electron chi connectivity index (χ0n) is 11.0. The molecule has 0 amide bonds. The Labute approximate surface area is 111 Å². The van der Waals surface area contributed by atoms with Gasteiger partial charge in [0.25, 0.3) is 0 Å². The van der Waals surface area contributed by atoms with E-state index in [1.54, 1.807) is 10.9 Å². The predicted octanol–water partition coefficient (Wildman–Crippen LogP) is 3.13. The smallest absolute Gasteiger partial charge is 0.127 e. The van der Waals surface area contributed by atoms with Crippen molar-refractivity contribution in [2.24, 2.45) is 0 Å². The summed E-state index contributed by atoms with van der Waals surface area (Å²) in [6, 6.07) is 11.9. The first-order chi connectivity index (χ1) is 9.15. The number of anilines is 1. The van der Waals surface area contributed by atoms with E-state index in [1.165, 1.54) is 0 Å². The van der Waals surface area contributed by atoms with E-state index in [2.05, 4.69) is 30.0 Å². The van der Waals surface area contributed by atoms with Crippen molar-refractivity contribution in [3.8, 4) is 5.69 Å². The lowest BCUT2D eigenvalue weighted by Crippen LogP contribution is -2.02. The van der Waals surface area contributed by atoms with Gasteiger partial charge in [-0.3, -0.25) is 4.98 Å². The van der Waals surface area contributed by atoms with Crippen LogP contribution in [0.25, 0.3) is 16.6 Å². The fourth-order valence-corrected chi connectivity index (χ4v) is 2.10. The molecule has 4 heteroatoms. The molecule has 0 radical (unpaired) electrons. The fraction of sp³-hybridized carbons (Fsp3) is 0.200. The highest BCUT2D eigenvalue weighted by Gasteiger charge is 2.10. The SMILES string of the molecule is CC(C)c1cc(N)n(-c2ccc3ncccc3c2)n1. The number of pyridine rings is 1. The van der Waals surface area contributed by atoms with Crippen LogP contribution in [0.2, 0.25) is 0 Å². The van der Waals surface area contributed by atoms with Crippen LogP contribution >= 0.6 is 0 Å². The Balaban J connectivity index is 2.13. The minimum Gasteiger partial charge on any atom is -0.384 e. The molecular weight excluding hydrogens is 236 g/mol. The fourth-order valence-electron chi connectivity index (χ4n) is 2.10. The van der Waals surface area contributed by atoms with E-state index in [0.717, 1.165) is 22.3 Å². The van der Waals surface area contributed by atoms with E-state index in [4.69, 9.17) is 5.73 Å². The van der Waals surface area contributed by atoms with Crippen LogP contribution in [0.1, 0.15) is 25.5 Å². The summed E-state index contributed by atoms with van der Waals surface area (Å²) in [7, 11) is 0. The molecule has 3 rings (SSSR count). The maximum Gasteiger partial charge on any atom is 0.127 e. The van der Waals surface area contributed by atoms with E-state index in [9.17, 15) is 0 Å². The molecule has 0 aliphatic rings. The van der Waals surface area contributed by atoms with Gasteiger partial charge in [-0.05, 0) is 30.2 Å². The van der Waals surface area contributed by atoms with Crippen molar-refractivity contribution in [1.82, 2.24) is 14.8 Å². The quantitative estimate of drug-likeness (QED) is 0.762. The normalized spacial score (nSPS) is 11.3. The van der Waals surface area contributed by atoms with Crippen molar-refractivity contribution in [2.75, 3.05) is 5.73 Å². The summed E-state index contributed by atoms with van der Waals surface area (Å²) in [6.45, 7) is 4.22. The molecule has 1 aromatic carbocycles. The molecule has 2 heterocycles. The van der Waals surface area contributed by atoms with Gasteiger partial charge in [0.15, 0.2) is 0 Å². The Hall–Kier alpha value is -2.36. The summed E-state index contributed by atoms with van der Waals surface area (Å²) in [5.41, 5.74) is 8.98. The number of nitrogen functional groups attached to an aromatic ring is 1. The highest BCUT2D eigenvalue weighted by Crippen LogP contribution is 2.22. The van der Waals surface area contributed by atoms with Gasteiger partial charge in [-0.2, -0.15) is 5.10 Å². The van der Waals surface area contributed by atoms with Gasteiger partial charge >= 0.3 is 0 Å². The molecule has 0 bridgehead atoms. The van der Waals surface area contributed by atoms with E-state index >= 15 is 0 Å². The molecule has 0 atom stereocenters. The summed E-state index contributed by atoms with van der Waals surface area (Å²) in [4.78, 5) is 4.31. The zero-order valence-corrected chi connectivity index (χ0v) is 11.0. The minimum absolute atomic E-state index is 0.366. The van der Waals surface area contributed by atoms with Crippen LogP contribution < -0.4 is 5.73 Å². The molecule has 0 spiro atoms. The Morgan fingerprint density at radius 2 is 2.00 bits per heavy atom. The standard InChI is InChI=1S/C15H16N4/c1-10(2)14-9-15(16)19(18-14)12-5-6-13-11(8-12)4-3-7-17-13/h3-10H,16H2,1-2H3. The van der Waals surface area contributed by atoms with Crippen LogP contribution in [0.5, 0.6) is 0 Å². The number of nitrogens with zero attached hydrogens (tertiary/aromatic N) is 3. The number of nitrogens with two attached hydrogens (primary N) is 1. The monoisotopic (exact) mass is 252 g/mol. The van der Waals surface area contributed by atoms with Gasteiger partial charge in [0.1, 0.15) is 5.82 Å². The van der Waals surface area contributed by atoms with Gasteiger partial charge in [-0.1, -0.05) is 19.9 Å². The number of aromatic nitrogens is 3. The summed E-state index contributed by atoms with van der Waals surface area (Å²) in [5.74, 6) is 1.03. The van der Waals surface area contributed by atoms with Crippen LogP contribution in [0.4, 0.5) is 5.82 Å². The second kappa shape index (κ2) is 4.39. The Kier molecular flexibility index (Phi) is 2.71. The van der Waals surface area contributed by atoms with Gasteiger partial charge in [-0.15, -0.1) is 0 Å². The highest BCUT2D eigenvalue weighted by atomic mass is 15.3. The average Bonchev–Trinajstić information content (AvgIpc) is 2.80. The van der Waals surface area contributed by atoms with Gasteiger partial charge in [0, 0.05) is 17.6 Å². The average molecular weight is 252 g/mol. The minimum atomic E-state index is 0.366. The Morgan fingerprint density at radius 1 is 1.16 bits per heavy atom. The molecule has 0 unspecified atom stereocenters. The summed E-state index contributed by atoms with van der Waals surface area (Å²) in [6.07, 6.45) is 1.79. The van der Waals surface area contributed by atoms with Crippen LogP contribution in [0.15, 0.2) is 42.6 Å². The summed E-state index contributed by atoms with van der Waals surface area (Å²) < 4.78 is 1.78. The first-order valence-corrected chi connectivity index (χ1v) is 6.36. The summed E-state index contributed by atoms with van der Waals surface area (Å²) >= 11 is 0. The van der Waals surface area contributed by atoms with Gasteiger partial charge in [-0.25, -0.2) is 4.68 Å². The van der Waals surface area contributed by atoms with Crippen LogP contribution in [-0.2, 0) is 0 Å². The molecule has 3 aromatic rings. The molecule has 0 saturated carbocycles. The van der Waals surface area contributed by atoms with E-state index < -0.39 is 0 Å². The van der Waals surface area contributed by atoms with Crippen molar-refractivity contribution in [1.29, 1.82) is 0 Å². The lowest BCUT2D eigenvalue weighted by molar-refractivity contribution is 0.771. The third-order valence-electron chi connectivity index (χ3n) is 3.18. The second-order valence-electron chi connectivity index (χ2n) is 4.94. The van der Waals surface area contributed by atoms with Crippen molar-refractivity contribution >= 4 is 16.7 Å². The predicted molar refractivity (Wildman–Crippen MR) is 77.4 cm³/mol. The van der Waals surface area contributed by atoms with Crippen molar-refractivity contribution < 1.29 is 0 Å². The number of hydrogen-bond acceptors (Lipinski definition) is 3. The number of hydrogen-bond donors (Lipinski definition) is 1. The molecule has 2 aromatic heterocycles. The summed E-state index contributed by atoms with van der Waals surface area (Å²) in [5, 5.41) is 5.64. The third kappa shape index (κ3) is 2.05. The number of benzene rings is 1. The van der Waals surface area contributed by atoms with Crippen LogP contribution in [-0.4, -0.2) is 14.8 Å². The van der Waals surface area contributed by atoms with E-state index in [-0.39, 0.29) is 0 Å². The number of rotatable bonds is 2. The maximum atomic E-state index is 6.04. The largest absolute Gasteiger partial charge is 0.384 e. The van der Waals surface area contributed by atoms with E-state index in [0.29, 0.717) is 11.7 Å². The first kappa shape index (κ1) is 11.7. The van der Waals surface area contributed by atoms with Crippen molar-refractivity contribution in [3.05, 3.63) is 48.3 Å². The Morgan fingerprint density at radius 3 is 2.74 bits per heavy atom. The lowest BCUT2D eigenvalue weighted by Gasteiger charge is -2.05. The zero-order chi connectivity index (χ0) is 13.4. The topological polar surface area (TPSA) is 56.7 Å². The molecule has 0 fully saturated rings. The first-order valence-electron chi connectivity index (χ1n) is 6.36. The van der Waals surface area contributed by atoms with E-state index in [1.807, 2.05) is 30.3 Å². The van der Waals surface area contributed by atoms with Gasteiger partial charge in [0.05, 0.1) is 16.9 Å². The van der Waals surface area contributed by atoms with Crippen LogP contribution in [0, 0.1) is 0 Å². The van der Waals surface area contributed by atoms with Crippen LogP contribution in [0.3, 0.4) is 0 Å². The maximum absolute atomic E-state index is 6.04. The van der Waals surface area contributed by atoms with Gasteiger partial charge in [0.2, 0.25) is 0 Å². The van der Waals surface area contributed by atoms with Crippen molar-refractivity contribution in [3.63, 3.8) is 0 Å². The molecule has 4 nitrogen and oxygen atoms in total. The molecule has 0 saturated heterocycles. The molecule has 0 aliphatic heterocycles. The van der Waals surface area contributed by atoms with Crippen molar-refractivity contribution in [2.45, 2.75) is 19.8 Å². The highest BCUT2D eigenvalue weighted by molar-refractivity contribution is 5.80. The molecule has 2 N–H and O–H groups in total. The lowest BCUT2D eigenvalue weighted by atomic mass is 10.1. The second-order valence-corrected chi connectivity index (χ2v) is 4.94. The molecular formula is C15H16N4. The third-order valence-corrected chi connectivity index (χ3v) is 3.18. The van der Waals surface area contributed by atoms with Gasteiger partial charge < -0.3 is 5.73 Å². The Bertz CT molecular complexity index is 728. The molecule has 19 heavy (non-hydrogen) atoms. The molecule has 96 valence electrons.